The number of amides is 1. The summed E-state index contributed by atoms with van der Waals surface area (Å²) in [7, 11) is 0. The molecule has 1 aliphatic rings. The molecule has 2 N–H and O–H groups in total. The molecule has 2 aromatic carbocycles. The summed E-state index contributed by atoms with van der Waals surface area (Å²) in [6.45, 7) is 3.87. The summed E-state index contributed by atoms with van der Waals surface area (Å²) >= 11 is 0. The lowest BCUT2D eigenvalue weighted by atomic mass is 9.97. The van der Waals surface area contributed by atoms with Gasteiger partial charge in [-0.15, -0.1) is 0 Å². The molecule has 156 valence electrons. The lowest BCUT2D eigenvalue weighted by molar-refractivity contribution is -0.173. The molecule has 0 aliphatic carbocycles. The molecule has 1 amide bonds. The van der Waals surface area contributed by atoms with Crippen LogP contribution >= 0.6 is 0 Å². The largest absolute Gasteiger partial charge is 0.410 e. The van der Waals surface area contributed by atoms with E-state index in [4.69, 9.17) is 0 Å². The Kier molecular flexibility index (Phi) is 5.01. The fourth-order valence-corrected chi connectivity index (χ4v) is 3.60. The molecule has 0 unspecified atom stereocenters. The SMILES string of the molecule is Cc1ccc(NC(=O)c2cc3n(n2)[C@@H](C(F)(F)F)C[C@H](c2ccccc2)N3)cc1C. The summed E-state index contributed by atoms with van der Waals surface area (Å²) in [6, 6.07) is 13.4. The Labute approximate surface area is 171 Å². The fourth-order valence-electron chi connectivity index (χ4n) is 3.60. The first-order valence-corrected chi connectivity index (χ1v) is 9.59. The van der Waals surface area contributed by atoms with Gasteiger partial charge in [-0.25, -0.2) is 4.68 Å². The number of halogens is 3. The number of fused-ring (bicyclic) bond motifs is 1. The first kappa shape index (κ1) is 20.0. The highest BCUT2D eigenvalue weighted by atomic mass is 19.4. The predicted molar refractivity (Wildman–Crippen MR) is 109 cm³/mol. The Morgan fingerprint density at radius 1 is 1.10 bits per heavy atom. The zero-order chi connectivity index (χ0) is 21.5. The molecule has 5 nitrogen and oxygen atoms in total. The van der Waals surface area contributed by atoms with Gasteiger partial charge in [-0.2, -0.15) is 18.3 Å². The second kappa shape index (κ2) is 7.51. The molecule has 30 heavy (non-hydrogen) atoms. The van der Waals surface area contributed by atoms with Gasteiger partial charge in [-0.05, 0) is 42.7 Å². The molecule has 0 fully saturated rings. The number of carbonyl (C=O) groups is 1. The third-order valence-corrected chi connectivity index (χ3v) is 5.39. The third kappa shape index (κ3) is 3.90. The minimum atomic E-state index is -4.49. The van der Waals surface area contributed by atoms with E-state index >= 15 is 0 Å². The number of carbonyl (C=O) groups excluding carboxylic acids is 1. The molecular formula is C22H21F3N4O. The average Bonchev–Trinajstić information content (AvgIpc) is 3.14. The van der Waals surface area contributed by atoms with Gasteiger partial charge in [-0.1, -0.05) is 36.4 Å². The number of nitrogens with one attached hydrogen (secondary N) is 2. The molecule has 4 rings (SSSR count). The maximum absolute atomic E-state index is 13.8. The Morgan fingerprint density at radius 2 is 1.83 bits per heavy atom. The highest BCUT2D eigenvalue weighted by Gasteiger charge is 2.46. The van der Waals surface area contributed by atoms with Crippen LogP contribution in [0.3, 0.4) is 0 Å². The second-order valence-corrected chi connectivity index (χ2v) is 7.51. The summed E-state index contributed by atoms with van der Waals surface area (Å²) in [5, 5.41) is 9.78. The van der Waals surface area contributed by atoms with E-state index in [2.05, 4.69) is 15.7 Å². The normalized spacial score (nSPS) is 18.4. The summed E-state index contributed by atoms with van der Waals surface area (Å²) in [5.74, 6) is -0.387. The van der Waals surface area contributed by atoms with Gasteiger partial charge in [0.15, 0.2) is 11.7 Å². The van der Waals surface area contributed by atoms with Crippen molar-refractivity contribution >= 4 is 17.4 Å². The molecule has 2 heterocycles. The van der Waals surface area contributed by atoms with Crippen LogP contribution in [0.15, 0.2) is 54.6 Å². The molecule has 2 atom stereocenters. The maximum atomic E-state index is 13.8. The summed E-state index contributed by atoms with van der Waals surface area (Å²) < 4.78 is 42.1. The monoisotopic (exact) mass is 414 g/mol. The first-order valence-electron chi connectivity index (χ1n) is 9.59. The van der Waals surface area contributed by atoms with E-state index in [0.717, 1.165) is 21.4 Å². The van der Waals surface area contributed by atoms with Gasteiger partial charge in [0.2, 0.25) is 0 Å². The Morgan fingerprint density at radius 3 is 2.50 bits per heavy atom. The second-order valence-electron chi connectivity index (χ2n) is 7.51. The Bertz CT molecular complexity index is 1080. The van der Waals surface area contributed by atoms with E-state index < -0.39 is 24.2 Å². The number of nitrogens with zero attached hydrogens (tertiary/aromatic N) is 2. The van der Waals surface area contributed by atoms with Crippen LogP contribution in [-0.2, 0) is 0 Å². The molecule has 0 saturated carbocycles. The summed E-state index contributed by atoms with van der Waals surface area (Å²) in [5.41, 5.74) is 3.33. The molecule has 1 aliphatic heterocycles. The minimum absolute atomic E-state index is 0.0707. The van der Waals surface area contributed by atoms with Crippen molar-refractivity contribution in [2.24, 2.45) is 0 Å². The lowest BCUT2D eigenvalue weighted by Gasteiger charge is -2.33. The van der Waals surface area contributed by atoms with E-state index in [-0.39, 0.29) is 17.9 Å². The van der Waals surface area contributed by atoms with Crippen LogP contribution in [0.4, 0.5) is 24.7 Å². The quantitative estimate of drug-likeness (QED) is 0.602. The predicted octanol–water partition coefficient (Wildman–Crippen LogP) is 5.41. The molecule has 0 spiro atoms. The number of hydrogen-bond acceptors (Lipinski definition) is 3. The number of aromatic nitrogens is 2. The maximum Gasteiger partial charge on any atom is 0.410 e. The first-order chi connectivity index (χ1) is 14.2. The van der Waals surface area contributed by atoms with Crippen LogP contribution in [0.5, 0.6) is 0 Å². The van der Waals surface area contributed by atoms with Crippen LogP contribution in [0.1, 0.15) is 45.7 Å². The molecule has 3 aromatic rings. The molecular weight excluding hydrogens is 393 g/mol. The third-order valence-electron chi connectivity index (χ3n) is 5.39. The van der Waals surface area contributed by atoms with Crippen LogP contribution in [0, 0.1) is 13.8 Å². The molecule has 0 radical (unpaired) electrons. The average molecular weight is 414 g/mol. The Balaban J connectivity index is 1.63. The van der Waals surface area contributed by atoms with Gasteiger partial charge < -0.3 is 10.6 Å². The van der Waals surface area contributed by atoms with Crippen molar-refractivity contribution in [2.45, 2.75) is 38.5 Å². The Hall–Kier alpha value is -3.29. The van der Waals surface area contributed by atoms with E-state index in [0.29, 0.717) is 5.69 Å². The molecule has 0 bridgehead atoms. The summed E-state index contributed by atoms with van der Waals surface area (Å²) in [4.78, 5) is 12.6. The highest BCUT2D eigenvalue weighted by molar-refractivity contribution is 6.03. The number of alkyl halides is 3. The molecule has 8 heteroatoms. The van der Waals surface area contributed by atoms with Crippen molar-refractivity contribution in [1.82, 2.24) is 9.78 Å². The minimum Gasteiger partial charge on any atom is -0.363 e. The number of aryl methyl sites for hydroxylation is 2. The summed E-state index contributed by atoms with van der Waals surface area (Å²) in [6.07, 6.45) is -4.70. The van der Waals surface area contributed by atoms with E-state index in [1.807, 2.05) is 32.0 Å². The van der Waals surface area contributed by atoms with Crippen LogP contribution < -0.4 is 10.6 Å². The van der Waals surface area contributed by atoms with Gasteiger partial charge in [-0.3, -0.25) is 4.79 Å². The van der Waals surface area contributed by atoms with E-state index in [9.17, 15) is 18.0 Å². The molecule has 1 aromatic heterocycles. The van der Waals surface area contributed by atoms with Crippen LogP contribution in [0.2, 0.25) is 0 Å². The topological polar surface area (TPSA) is 59.0 Å². The van der Waals surface area contributed by atoms with Crippen molar-refractivity contribution in [3.63, 3.8) is 0 Å². The van der Waals surface area contributed by atoms with Crippen molar-refractivity contribution in [1.29, 1.82) is 0 Å². The van der Waals surface area contributed by atoms with Gasteiger partial charge >= 0.3 is 6.18 Å². The smallest absolute Gasteiger partial charge is 0.363 e. The van der Waals surface area contributed by atoms with Crippen molar-refractivity contribution in [2.75, 3.05) is 10.6 Å². The highest BCUT2D eigenvalue weighted by Crippen LogP contribution is 2.43. The van der Waals surface area contributed by atoms with E-state index in [1.54, 1.807) is 30.3 Å². The van der Waals surface area contributed by atoms with Gasteiger partial charge in [0, 0.05) is 18.2 Å². The fraction of sp³-hybridized carbons (Fsp3) is 0.273. The zero-order valence-corrected chi connectivity index (χ0v) is 16.5. The zero-order valence-electron chi connectivity index (χ0n) is 16.5. The van der Waals surface area contributed by atoms with Crippen molar-refractivity contribution in [3.8, 4) is 0 Å². The number of rotatable bonds is 3. The van der Waals surface area contributed by atoms with Crippen LogP contribution in [0.25, 0.3) is 0 Å². The number of hydrogen-bond donors (Lipinski definition) is 2. The van der Waals surface area contributed by atoms with Crippen molar-refractivity contribution < 1.29 is 18.0 Å². The van der Waals surface area contributed by atoms with Gasteiger partial charge in [0.1, 0.15) is 5.82 Å². The number of anilines is 2. The van der Waals surface area contributed by atoms with E-state index in [1.165, 1.54) is 6.07 Å². The lowest BCUT2D eigenvalue weighted by Crippen LogP contribution is -2.35. The van der Waals surface area contributed by atoms with Gasteiger partial charge in [0.05, 0.1) is 6.04 Å². The molecule has 0 saturated heterocycles. The standard InChI is InChI=1S/C22H21F3N4O/c1-13-8-9-16(10-14(13)2)26-21(30)18-12-20-27-17(15-6-4-3-5-7-15)11-19(22(23,24)25)29(20)28-18/h3-10,12,17,19,27H,11H2,1-2H3,(H,26,30)/t17-,19-/m1/s1. The van der Waals surface area contributed by atoms with Gasteiger partial charge in [0.25, 0.3) is 5.91 Å². The van der Waals surface area contributed by atoms with Crippen molar-refractivity contribution in [3.05, 3.63) is 77.0 Å². The van der Waals surface area contributed by atoms with Crippen LogP contribution in [-0.4, -0.2) is 21.9 Å². The number of benzene rings is 2.